The molecule has 2 rings (SSSR count). The molecule has 1 fully saturated rings. The Kier molecular flexibility index (Phi) is 3.40. The number of hydrogen-bond donors (Lipinski definition) is 2. The van der Waals surface area contributed by atoms with Crippen molar-refractivity contribution in [1.29, 1.82) is 0 Å². The molecular formula is C10H11NO5S2. The number of sulfone groups is 1. The average molecular weight is 289 g/mol. The predicted molar refractivity (Wildman–Crippen MR) is 66.7 cm³/mol. The van der Waals surface area contributed by atoms with Gasteiger partial charge in [-0.2, -0.15) is 0 Å². The molecule has 1 unspecified atom stereocenters. The van der Waals surface area contributed by atoms with Gasteiger partial charge in [-0.3, -0.25) is 4.79 Å². The standard InChI is InChI=1S/C10H11NO5S2/c12-9(7-2-1-3-18(7,15)16)11-8-4-6(5-17-8)10(13)14/h4-5,7H,1-3H2,(H,11,12)(H,13,14). The SMILES string of the molecule is O=C(O)c1csc(NC(=O)C2CCCS2(=O)=O)c1. The molecule has 2 N–H and O–H groups in total. The first-order valence-corrected chi connectivity index (χ1v) is 7.84. The number of carbonyl (C=O) groups is 2. The van der Waals surface area contributed by atoms with E-state index >= 15 is 0 Å². The lowest BCUT2D eigenvalue weighted by Gasteiger charge is -2.08. The summed E-state index contributed by atoms with van der Waals surface area (Å²) in [5, 5.41) is 11.9. The summed E-state index contributed by atoms with van der Waals surface area (Å²) < 4.78 is 23.1. The lowest BCUT2D eigenvalue weighted by molar-refractivity contribution is -0.115. The summed E-state index contributed by atoms with van der Waals surface area (Å²) in [5.74, 6) is -1.62. The highest BCUT2D eigenvalue weighted by Crippen LogP contribution is 2.24. The third-order valence-electron chi connectivity index (χ3n) is 2.71. The Morgan fingerprint density at radius 2 is 2.17 bits per heavy atom. The molecular weight excluding hydrogens is 278 g/mol. The Labute approximate surface area is 108 Å². The number of amides is 1. The molecule has 0 aliphatic carbocycles. The minimum absolute atomic E-state index is 0.0376. The zero-order chi connectivity index (χ0) is 13.3. The number of nitrogens with one attached hydrogen (secondary N) is 1. The molecule has 1 aromatic rings. The fourth-order valence-electron chi connectivity index (χ4n) is 1.80. The quantitative estimate of drug-likeness (QED) is 0.863. The normalized spacial score (nSPS) is 21.7. The number of rotatable bonds is 3. The fourth-order valence-corrected chi connectivity index (χ4v) is 4.34. The van der Waals surface area contributed by atoms with Crippen LogP contribution in [0.1, 0.15) is 23.2 Å². The van der Waals surface area contributed by atoms with Gasteiger partial charge in [-0.05, 0) is 18.9 Å². The number of aromatic carboxylic acids is 1. The second-order valence-electron chi connectivity index (χ2n) is 3.99. The van der Waals surface area contributed by atoms with E-state index in [4.69, 9.17) is 5.11 Å². The van der Waals surface area contributed by atoms with Gasteiger partial charge in [0.2, 0.25) is 5.91 Å². The number of carboxylic acid groups (broad SMARTS) is 1. The highest BCUT2D eigenvalue weighted by Gasteiger charge is 2.37. The number of thiophene rings is 1. The van der Waals surface area contributed by atoms with E-state index in [1.807, 2.05) is 0 Å². The summed E-state index contributed by atoms with van der Waals surface area (Å²) in [6, 6.07) is 1.31. The van der Waals surface area contributed by atoms with Gasteiger partial charge >= 0.3 is 5.97 Å². The van der Waals surface area contributed by atoms with Gasteiger partial charge in [0.05, 0.1) is 16.3 Å². The van der Waals surface area contributed by atoms with E-state index in [-0.39, 0.29) is 11.3 Å². The maximum absolute atomic E-state index is 11.8. The van der Waals surface area contributed by atoms with Crippen LogP contribution in [0.2, 0.25) is 0 Å². The minimum atomic E-state index is -3.34. The minimum Gasteiger partial charge on any atom is -0.478 e. The molecule has 1 aliphatic rings. The largest absolute Gasteiger partial charge is 0.478 e. The Bertz CT molecular complexity index is 589. The Morgan fingerprint density at radius 3 is 2.67 bits per heavy atom. The van der Waals surface area contributed by atoms with Crippen molar-refractivity contribution in [3.8, 4) is 0 Å². The number of hydrogen-bond acceptors (Lipinski definition) is 5. The van der Waals surface area contributed by atoms with Gasteiger partial charge in [-0.15, -0.1) is 11.3 Å². The van der Waals surface area contributed by atoms with E-state index in [2.05, 4.69) is 5.32 Å². The molecule has 8 heteroatoms. The molecule has 0 saturated carbocycles. The fraction of sp³-hybridized carbons (Fsp3) is 0.400. The Hall–Kier alpha value is -1.41. The zero-order valence-corrected chi connectivity index (χ0v) is 10.9. The second kappa shape index (κ2) is 4.69. The van der Waals surface area contributed by atoms with Crippen LogP contribution >= 0.6 is 11.3 Å². The van der Waals surface area contributed by atoms with Crippen LogP contribution in [0.25, 0.3) is 0 Å². The second-order valence-corrected chi connectivity index (χ2v) is 7.21. The first-order valence-electron chi connectivity index (χ1n) is 5.24. The van der Waals surface area contributed by atoms with Crippen molar-refractivity contribution in [2.75, 3.05) is 11.1 Å². The van der Waals surface area contributed by atoms with E-state index in [0.29, 0.717) is 17.8 Å². The molecule has 98 valence electrons. The van der Waals surface area contributed by atoms with Crippen molar-refractivity contribution in [1.82, 2.24) is 0 Å². The number of carboxylic acids is 1. The van der Waals surface area contributed by atoms with Crippen LogP contribution in [-0.2, 0) is 14.6 Å². The van der Waals surface area contributed by atoms with Crippen LogP contribution in [-0.4, -0.2) is 36.4 Å². The van der Waals surface area contributed by atoms with Gasteiger partial charge in [0, 0.05) is 5.38 Å². The van der Waals surface area contributed by atoms with E-state index in [9.17, 15) is 18.0 Å². The summed E-state index contributed by atoms with van der Waals surface area (Å²) in [7, 11) is -3.34. The number of carbonyl (C=O) groups excluding carboxylic acids is 1. The van der Waals surface area contributed by atoms with Gasteiger partial charge in [0.25, 0.3) is 0 Å². The summed E-state index contributed by atoms with van der Waals surface area (Å²) >= 11 is 1.06. The van der Waals surface area contributed by atoms with Crippen molar-refractivity contribution in [2.24, 2.45) is 0 Å². The van der Waals surface area contributed by atoms with Crippen LogP contribution in [0.3, 0.4) is 0 Å². The summed E-state index contributed by atoms with van der Waals surface area (Å²) in [6.07, 6.45) is 0.816. The van der Waals surface area contributed by atoms with Crippen LogP contribution in [0.4, 0.5) is 5.00 Å². The molecule has 1 amide bonds. The van der Waals surface area contributed by atoms with Crippen molar-refractivity contribution in [3.05, 3.63) is 17.0 Å². The molecule has 0 bridgehead atoms. The Morgan fingerprint density at radius 1 is 1.44 bits per heavy atom. The molecule has 18 heavy (non-hydrogen) atoms. The molecule has 2 heterocycles. The average Bonchev–Trinajstić information content (AvgIpc) is 2.84. The van der Waals surface area contributed by atoms with Gasteiger partial charge in [-0.25, -0.2) is 13.2 Å². The van der Waals surface area contributed by atoms with Gasteiger partial charge in [0.15, 0.2) is 9.84 Å². The molecule has 6 nitrogen and oxygen atoms in total. The smallest absolute Gasteiger partial charge is 0.336 e. The van der Waals surface area contributed by atoms with Crippen molar-refractivity contribution in [2.45, 2.75) is 18.1 Å². The van der Waals surface area contributed by atoms with Crippen LogP contribution < -0.4 is 5.32 Å². The molecule has 1 atom stereocenters. The first kappa shape index (κ1) is 13.0. The molecule has 1 saturated heterocycles. The van der Waals surface area contributed by atoms with E-state index in [0.717, 1.165) is 11.3 Å². The molecule has 0 aromatic carbocycles. The topological polar surface area (TPSA) is 101 Å². The lowest BCUT2D eigenvalue weighted by Crippen LogP contribution is -2.31. The number of anilines is 1. The van der Waals surface area contributed by atoms with E-state index in [1.165, 1.54) is 11.4 Å². The maximum Gasteiger partial charge on any atom is 0.336 e. The summed E-state index contributed by atoms with van der Waals surface area (Å²) in [4.78, 5) is 22.4. The Balaban J connectivity index is 2.09. The van der Waals surface area contributed by atoms with Crippen LogP contribution in [0, 0.1) is 0 Å². The molecule has 1 aliphatic heterocycles. The van der Waals surface area contributed by atoms with Crippen molar-refractivity contribution < 1.29 is 23.1 Å². The zero-order valence-electron chi connectivity index (χ0n) is 9.25. The third kappa shape index (κ3) is 2.54. The van der Waals surface area contributed by atoms with Crippen LogP contribution in [0.5, 0.6) is 0 Å². The van der Waals surface area contributed by atoms with Gasteiger partial charge < -0.3 is 10.4 Å². The molecule has 0 spiro atoms. The molecule has 0 radical (unpaired) electrons. The molecule has 1 aromatic heterocycles. The van der Waals surface area contributed by atoms with Gasteiger partial charge in [-0.1, -0.05) is 0 Å². The van der Waals surface area contributed by atoms with Crippen molar-refractivity contribution >= 4 is 38.1 Å². The van der Waals surface area contributed by atoms with Crippen molar-refractivity contribution in [3.63, 3.8) is 0 Å². The van der Waals surface area contributed by atoms with Crippen LogP contribution in [0.15, 0.2) is 11.4 Å². The van der Waals surface area contributed by atoms with E-state index < -0.39 is 27.0 Å². The van der Waals surface area contributed by atoms with E-state index in [1.54, 1.807) is 0 Å². The summed E-state index contributed by atoms with van der Waals surface area (Å²) in [5.41, 5.74) is 0.0737. The highest BCUT2D eigenvalue weighted by atomic mass is 32.2. The monoisotopic (exact) mass is 289 g/mol. The predicted octanol–water partition coefficient (Wildman–Crippen LogP) is 0.962. The highest BCUT2D eigenvalue weighted by molar-refractivity contribution is 7.93. The van der Waals surface area contributed by atoms with Gasteiger partial charge in [0.1, 0.15) is 5.25 Å². The summed E-state index contributed by atoms with van der Waals surface area (Å²) in [6.45, 7) is 0. The first-order chi connectivity index (χ1) is 8.40. The lowest BCUT2D eigenvalue weighted by atomic mass is 10.2. The third-order valence-corrected chi connectivity index (χ3v) is 5.73. The maximum atomic E-state index is 11.8.